The Bertz CT molecular complexity index is 702. The Labute approximate surface area is 130 Å². The third-order valence-corrected chi connectivity index (χ3v) is 5.09. The predicted octanol–water partition coefficient (Wildman–Crippen LogP) is 5.42. The van der Waals surface area contributed by atoms with Crippen LogP contribution in [0, 0.1) is 0 Å². The normalized spacial score (nSPS) is 12.8. The summed E-state index contributed by atoms with van der Waals surface area (Å²) >= 11 is 0. The summed E-state index contributed by atoms with van der Waals surface area (Å²) in [5, 5.41) is 2.12. The molecule has 118 valence electrons. The average molecular weight is 322 g/mol. The van der Waals surface area contributed by atoms with Gasteiger partial charge in [0.15, 0.2) is 0 Å². The Kier molecular flexibility index (Phi) is 5.90. The average Bonchev–Trinajstić information content (AvgIpc) is 2.47. The number of rotatable bonds is 7. The molecule has 0 unspecified atom stereocenters. The van der Waals surface area contributed by atoms with Crippen LogP contribution in [0.1, 0.15) is 19.4 Å². The third-order valence-electron chi connectivity index (χ3n) is 3.09. The second-order valence-corrected chi connectivity index (χ2v) is 6.86. The van der Waals surface area contributed by atoms with E-state index in [9.17, 15) is 8.96 Å². The van der Waals surface area contributed by atoms with E-state index in [0.717, 1.165) is 16.3 Å². The second-order valence-electron chi connectivity index (χ2n) is 4.80. The summed E-state index contributed by atoms with van der Waals surface area (Å²) in [6, 6.07) is 13.5. The van der Waals surface area contributed by atoms with Crippen molar-refractivity contribution in [2.24, 2.45) is 0 Å². The summed E-state index contributed by atoms with van der Waals surface area (Å²) in [6.45, 7) is 3.86. The summed E-state index contributed by atoms with van der Waals surface area (Å²) in [6.07, 6.45) is 1.03. The van der Waals surface area contributed by atoms with Gasteiger partial charge in [-0.05, 0) is 42.3 Å². The van der Waals surface area contributed by atoms with E-state index >= 15 is 0 Å². The van der Waals surface area contributed by atoms with E-state index in [1.54, 1.807) is 13.8 Å². The summed E-state index contributed by atoms with van der Waals surface area (Å²) in [4.78, 5) is 0. The number of fused-ring (bicyclic) bond motifs is 1. The molecule has 2 aromatic carbocycles. The lowest BCUT2D eigenvalue weighted by molar-refractivity contribution is 0.221. The summed E-state index contributed by atoms with van der Waals surface area (Å²) in [5.41, 5.74) is 0.718. The molecule has 0 heterocycles. The Hall–Kier alpha value is -1.48. The van der Waals surface area contributed by atoms with Gasteiger partial charge in [-0.25, -0.2) is 4.39 Å². The van der Waals surface area contributed by atoms with Crippen LogP contribution in [0.5, 0.6) is 0 Å². The van der Waals surface area contributed by atoms with E-state index in [1.807, 2.05) is 42.5 Å². The lowest BCUT2D eigenvalue weighted by Gasteiger charge is -2.15. The molecule has 2 rings (SSSR count). The highest BCUT2D eigenvalue weighted by molar-refractivity contribution is 7.54. The van der Waals surface area contributed by atoms with Crippen LogP contribution < -0.4 is 0 Å². The Morgan fingerprint density at radius 2 is 1.73 bits per heavy atom. The van der Waals surface area contributed by atoms with Crippen molar-refractivity contribution in [2.75, 3.05) is 19.4 Å². The van der Waals surface area contributed by atoms with Crippen LogP contribution >= 0.6 is 7.60 Å². The summed E-state index contributed by atoms with van der Waals surface area (Å²) in [5.74, 6) is -0.513. The first-order valence-electron chi connectivity index (χ1n) is 7.29. The maximum atomic E-state index is 14.2. The molecule has 0 aromatic heterocycles. The van der Waals surface area contributed by atoms with E-state index in [4.69, 9.17) is 9.05 Å². The van der Waals surface area contributed by atoms with Crippen molar-refractivity contribution in [3.05, 3.63) is 53.9 Å². The van der Waals surface area contributed by atoms with Crippen molar-refractivity contribution in [3.63, 3.8) is 0 Å². The molecule has 0 spiro atoms. The standard InChI is InChI=1S/C17H20FO3P/c1-3-20-22(19,21-4-2)13-17(18)12-14-9-10-15-7-5-6-8-16(15)11-14/h5-12H,3-4,13H2,1-2H3/b17-12-. The summed E-state index contributed by atoms with van der Waals surface area (Å²) in [7, 11) is -3.40. The first kappa shape index (κ1) is 16.9. The van der Waals surface area contributed by atoms with Crippen molar-refractivity contribution >= 4 is 24.4 Å². The smallest absolute Gasteiger partial charge is 0.309 e. The highest BCUT2D eigenvalue weighted by Gasteiger charge is 2.25. The molecule has 5 heteroatoms. The monoisotopic (exact) mass is 322 g/mol. The van der Waals surface area contributed by atoms with Gasteiger partial charge in [-0.3, -0.25) is 4.57 Å². The van der Waals surface area contributed by atoms with Gasteiger partial charge >= 0.3 is 7.60 Å². The molecule has 0 radical (unpaired) electrons. The van der Waals surface area contributed by atoms with Gasteiger partial charge in [0, 0.05) is 0 Å². The van der Waals surface area contributed by atoms with Crippen LogP contribution in [0.15, 0.2) is 48.3 Å². The van der Waals surface area contributed by atoms with Crippen LogP contribution in [0.3, 0.4) is 0 Å². The maximum Gasteiger partial charge on any atom is 0.337 e. The number of allylic oxidation sites excluding steroid dienone is 1. The van der Waals surface area contributed by atoms with Crippen LogP contribution in [0.25, 0.3) is 16.8 Å². The molecule has 0 saturated carbocycles. The molecular weight excluding hydrogens is 302 g/mol. The van der Waals surface area contributed by atoms with E-state index in [1.165, 1.54) is 6.08 Å². The van der Waals surface area contributed by atoms with Gasteiger partial charge < -0.3 is 9.05 Å². The molecule has 22 heavy (non-hydrogen) atoms. The lowest BCUT2D eigenvalue weighted by atomic mass is 10.1. The Morgan fingerprint density at radius 1 is 1.09 bits per heavy atom. The van der Waals surface area contributed by atoms with Crippen LogP contribution in [0.4, 0.5) is 4.39 Å². The third kappa shape index (κ3) is 4.51. The van der Waals surface area contributed by atoms with E-state index in [2.05, 4.69) is 0 Å². The molecule has 0 aliphatic carbocycles. The molecule has 0 bridgehead atoms. The number of hydrogen-bond acceptors (Lipinski definition) is 3. The zero-order chi connectivity index (χ0) is 16.0. The van der Waals surface area contributed by atoms with Crippen LogP contribution in [-0.2, 0) is 13.6 Å². The Morgan fingerprint density at radius 3 is 2.36 bits per heavy atom. The molecule has 0 saturated heterocycles. The number of halogens is 1. The number of hydrogen-bond donors (Lipinski definition) is 0. The van der Waals surface area contributed by atoms with Gasteiger partial charge in [-0.15, -0.1) is 0 Å². The lowest BCUT2D eigenvalue weighted by Crippen LogP contribution is -2.00. The summed E-state index contributed by atoms with van der Waals surface area (Å²) < 4.78 is 36.7. The van der Waals surface area contributed by atoms with Gasteiger partial charge in [0.05, 0.1) is 13.2 Å². The molecule has 3 nitrogen and oxygen atoms in total. The van der Waals surface area contributed by atoms with Gasteiger partial charge in [0.25, 0.3) is 0 Å². The van der Waals surface area contributed by atoms with Gasteiger partial charge in [0.1, 0.15) is 12.0 Å². The molecule has 0 aliphatic heterocycles. The largest absolute Gasteiger partial charge is 0.337 e. The molecule has 0 fully saturated rings. The van der Waals surface area contributed by atoms with Crippen LogP contribution in [-0.4, -0.2) is 19.4 Å². The first-order valence-corrected chi connectivity index (χ1v) is 9.02. The Balaban J connectivity index is 2.20. The zero-order valence-corrected chi connectivity index (χ0v) is 13.7. The number of benzene rings is 2. The van der Waals surface area contributed by atoms with Gasteiger partial charge in [-0.2, -0.15) is 0 Å². The maximum absolute atomic E-state index is 14.2. The fourth-order valence-corrected chi connectivity index (χ4v) is 3.74. The minimum Gasteiger partial charge on any atom is -0.309 e. The predicted molar refractivity (Wildman–Crippen MR) is 88.8 cm³/mol. The molecule has 2 aromatic rings. The van der Waals surface area contributed by atoms with Crippen molar-refractivity contribution in [1.29, 1.82) is 0 Å². The molecule has 0 atom stereocenters. The topological polar surface area (TPSA) is 35.5 Å². The van der Waals surface area contributed by atoms with Gasteiger partial charge in [0.2, 0.25) is 0 Å². The first-order chi connectivity index (χ1) is 10.6. The quantitative estimate of drug-likeness (QED) is 0.639. The highest BCUT2D eigenvalue weighted by Crippen LogP contribution is 2.49. The molecular formula is C17H20FO3P. The fourth-order valence-electron chi connectivity index (χ4n) is 2.23. The van der Waals surface area contributed by atoms with Crippen molar-refractivity contribution in [1.82, 2.24) is 0 Å². The fraction of sp³-hybridized carbons (Fsp3) is 0.294. The van der Waals surface area contributed by atoms with Crippen molar-refractivity contribution in [2.45, 2.75) is 13.8 Å². The van der Waals surface area contributed by atoms with E-state index < -0.39 is 13.4 Å². The molecule has 0 N–H and O–H groups in total. The SMILES string of the molecule is CCOP(=O)(C/C(F)=C/c1ccc2ccccc2c1)OCC. The van der Waals surface area contributed by atoms with Gasteiger partial charge in [-0.1, -0.05) is 36.4 Å². The zero-order valence-electron chi connectivity index (χ0n) is 12.8. The van der Waals surface area contributed by atoms with Crippen molar-refractivity contribution < 1.29 is 18.0 Å². The second kappa shape index (κ2) is 7.68. The minimum absolute atomic E-state index is 0.223. The highest BCUT2D eigenvalue weighted by atomic mass is 31.2. The minimum atomic E-state index is -3.40. The van der Waals surface area contributed by atoms with Crippen LogP contribution in [0.2, 0.25) is 0 Å². The molecule has 0 aliphatic rings. The van der Waals surface area contributed by atoms with E-state index in [-0.39, 0.29) is 19.4 Å². The van der Waals surface area contributed by atoms with E-state index in [0.29, 0.717) is 0 Å². The molecule has 0 amide bonds. The van der Waals surface area contributed by atoms with Crippen molar-refractivity contribution in [3.8, 4) is 0 Å².